The summed E-state index contributed by atoms with van der Waals surface area (Å²) in [6.07, 6.45) is 1.60. The summed E-state index contributed by atoms with van der Waals surface area (Å²) in [5.41, 5.74) is 0.231. The van der Waals surface area contributed by atoms with Gasteiger partial charge in [-0.2, -0.15) is 5.10 Å². The Morgan fingerprint density at radius 2 is 1.96 bits per heavy atom. The summed E-state index contributed by atoms with van der Waals surface area (Å²) in [5, 5.41) is 8.09. The van der Waals surface area contributed by atoms with Gasteiger partial charge in [-0.3, -0.25) is 14.3 Å². The second-order valence-electron chi connectivity index (χ2n) is 5.82. The van der Waals surface area contributed by atoms with Crippen molar-refractivity contribution in [3.63, 3.8) is 0 Å². The molecule has 1 N–H and O–H groups in total. The summed E-state index contributed by atoms with van der Waals surface area (Å²) in [5.74, 6) is -0.757. The zero-order chi connectivity index (χ0) is 18.0. The Morgan fingerprint density at radius 1 is 1.20 bits per heavy atom. The predicted octanol–water partition coefficient (Wildman–Crippen LogP) is 2.52. The number of benzene rings is 2. The Bertz CT molecular complexity index is 949. The highest BCUT2D eigenvalue weighted by atomic mass is 19.1. The van der Waals surface area contributed by atoms with Crippen molar-refractivity contribution in [2.75, 3.05) is 19.4 Å². The first-order valence-electron chi connectivity index (χ1n) is 7.67. The number of hydrogen-bond donors (Lipinski definition) is 1. The first-order valence-corrected chi connectivity index (χ1v) is 7.67. The number of halogens is 1. The van der Waals surface area contributed by atoms with Gasteiger partial charge in [0.25, 0.3) is 5.91 Å². The van der Waals surface area contributed by atoms with Crippen LogP contribution in [0, 0.1) is 5.82 Å². The van der Waals surface area contributed by atoms with Crippen LogP contribution in [0.1, 0.15) is 10.4 Å². The molecular weight excluding hydrogens is 323 g/mol. The van der Waals surface area contributed by atoms with Gasteiger partial charge in [0.05, 0.1) is 5.56 Å². The number of carbonyl (C=O) groups is 2. The van der Waals surface area contributed by atoms with Crippen molar-refractivity contribution in [1.29, 1.82) is 0 Å². The lowest BCUT2D eigenvalue weighted by molar-refractivity contribution is -0.129. The van der Waals surface area contributed by atoms with Crippen LogP contribution in [0.25, 0.3) is 10.8 Å². The van der Waals surface area contributed by atoms with Crippen LogP contribution < -0.4 is 5.32 Å². The molecule has 1 aromatic heterocycles. The van der Waals surface area contributed by atoms with Crippen LogP contribution in [-0.4, -0.2) is 40.6 Å². The zero-order valence-corrected chi connectivity index (χ0v) is 13.9. The van der Waals surface area contributed by atoms with Crippen LogP contribution in [0.4, 0.5) is 10.2 Å². The van der Waals surface area contributed by atoms with Crippen LogP contribution >= 0.6 is 0 Å². The molecule has 0 aliphatic rings. The Balaban J connectivity index is 1.82. The van der Waals surface area contributed by atoms with Gasteiger partial charge in [0.1, 0.15) is 12.4 Å². The lowest BCUT2D eigenvalue weighted by atomic mass is 10.0. The number of nitrogens with one attached hydrogen (secondary N) is 1. The van der Waals surface area contributed by atoms with Crippen LogP contribution in [0.15, 0.2) is 48.7 Å². The molecule has 3 rings (SSSR count). The van der Waals surface area contributed by atoms with Crippen LogP contribution in [-0.2, 0) is 11.3 Å². The highest BCUT2D eigenvalue weighted by Crippen LogP contribution is 2.21. The van der Waals surface area contributed by atoms with E-state index >= 15 is 0 Å². The van der Waals surface area contributed by atoms with Gasteiger partial charge in [0.15, 0.2) is 5.82 Å². The maximum Gasteiger partial charge on any atom is 0.257 e. The van der Waals surface area contributed by atoms with Crippen LogP contribution in [0.2, 0.25) is 0 Å². The van der Waals surface area contributed by atoms with E-state index in [9.17, 15) is 14.0 Å². The number of nitrogens with zero attached hydrogens (tertiary/aromatic N) is 3. The van der Waals surface area contributed by atoms with Gasteiger partial charge in [0.2, 0.25) is 5.91 Å². The monoisotopic (exact) mass is 340 g/mol. The summed E-state index contributed by atoms with van der Waals surface area (Å²) >= 11 is 0. The number of aromatic nitrogens is 2. The molecule has 0 saturated carbocycles. The Morgan fingerprint density at radius 3 is 2.72 bits per heavy atom. The molecule has 0 saturated heterocycles. The number of likely N-dealkylation sites (N-methyl/N-ethyl adjacent to an activating group) is 1. The van der Waals surface area contributed by atoms with Crippen molar-refractivity contribution >= 4 is 28.4 Å². The first-order chi connectivity index (χ1) is 11.9. The average molecular weight is 340 g/mol. The quantitative estimate of drug-likeness (QED) is 0.793. The number of anilines is 1. The number of rotatable bonds is 4. The second-order valence-corrected chi connectivity index (χ2v) is 5.82. The molecule has 7 heteroatoms. The fourth-order valence-corrected chi connectivity index (χ4v) is 2.44. The van der Waals surface area contributed by atoms with Crippen molar-refractivity contribution in [1.82, 2.24) is 14.7 Å². The van der Waals surface area contributed by atoms with E-state index in [1.165, 1.54) is 21.7 Å². The minimum atomic E-state index is -0.481. The molecule has 6 nitrogen and oxygen atoms in total. The van der Waals surface area contributed by atoms with E-state index < -0.39 is 11.7 Å². The van der Waals surface area contributed by atoms with Crippen molar-refractivity contribution in [3.8, 4) is 0 Å². The van der Waals surface area contributed by atoms with Crippen molar-refractivity contribution < 1.29 is 14.0 Å². The summed E-state index contributed by atoms with van der Waals surface area (Å²) in [6, 6.07) is 11.3. The number of fused-ring (bicyclic) bond motifs is 1. The normalized spacial score (nSPS) is 10.7. The zero-order valence-electron chi connectivity index (χ0n) is 13.9. The molecule has 0 fully saturated rings. The molecule has 3 aromatic rings. The topological polar surface area (TPSA) is 67.2 Å². The predicted molar refractivity (Wildman–Crippen MR) is 92.8 cm³/mol. The molecule has 0 bridgehead atoms. The molecule has 0 spiro atoms. The molecule has 0 atom stereocenters. The minimum absolute atomic E-state index is 0.0752. The second kappa shape index (κ2) is 6.72. The SMILES string of the molecule is CN(C)C(=O)Cn1ccc(NC(=O)c2cc(F)cc3ccccc23)n1. The van der Waals surface area contributed by atoms with E-state index in [1.54, 1.807) is 50.6 Å². The lowest BCUT2D eigenvalue weighted by Gasteiger charge is -2.09. The Labute approximate surface area is 143 Å². The van der Waals surface area contributed by atoms with Crippen molar-refractivity contribution in [3.05, 3.63) is 60.0 Å². The molecule has 0 aliphatic carbocycles. The molecule has 25 heavy (non-hydrogen) atoms. The van der Waals surface area contributed by atoms with Gasteiger partial charge in [-0.1, -0.05) is 24.3 Å². The molecule has 2 amide bonds. The third-order valence-electron chi connectivity index (χ3n) is 3.75. The largest absolute Gasteiger partial charge is 0.347 e. The molecule has 128 valence electrons. The Kier molecular flexibility index (Phi) is 4.47. The van der Waals surface area contributed by atoms with Crippen LogP contribution in [0.3, 0.4) is 0 Å². The van der Waals surface area contributed by atoms with Gasteiger partial charge >= 0.3 is 0 Å². The number of hydrogen-bond acceptors (Lipinski definition) is 3. The van der Waals surface area contributed by atoms with Gasteiger partial charge in [-0.05, 0) is 22.9 Å². The summed E-state index contributed by atoms with van der Waals surface area (Å²) < 4.78 is 15.2. The van der Waals surface area contributed by atoms with E-state index in [0.717, 1.165) is 0 Å². The molecular formula is C18H17FN4O2. The summed E-state index contributed by atoms with van der Waals surface area (Å²) in [4.78, 5) is 25.7. The lowest BCUT2D eigenvalue weighted by Crippen LogP contribution is -2.26. The van der Waals surface area contributed by atoms with E-state index in [1.807, 2.05) is 0 Å². The number of amides is 2. The maximum atomic E-state index is 13.8. The average Bonchev–Trinajstić information content (AvgIpc) is 3.00. The third-order valence-corrected chi connectivity index (χ3v) is 3.75. The number of carbonyl (C=O) groups excluding carboxylic acids is 2. The minimum Gasteiger partial charge on any atom is -0.347 e. The third kappa shape index (κ3) is 3.65. The standard InChI is InChI=1S/C18H17FN4O2/c1-22(2)17(24)11-23-8-7-16(21-23)20-18(25)15-10-13(19)9-12-5-3-4-6-14(12)15/h3-10H,11H2,1-2H3,(H,20,21,25). The van der Waals surface area contributed by atoms with Gasteiger partial charge in [-0.15, -0.1) is 0 Å². The van der Waals surface area contributed by atoms with E-state index in [0.29, 0.717) is 16.6 Å². The van der Waals surface area contributed by atoms with E-state index in [-0.39, 0.29) is 18.0 Å². The highest BCUT2D eigenvalue weighted by molar-refractivity contribution is 6.12. The van der Waals surface area contributed by atoms with Crippen molar-refractivity contribution in [2.45, 2.75) is 6.54 Å². The van der Waals surface area contributed by atoms with Gasteiger partial charge in [-0.25, -0.2) is 4.39 Å². The summed E-state index contributed by atoms with van der Waals surface area (Å²) in [7, 11) is 3.31. The maximum absolute atomic E-state index is 13.8. The molecule has 0 aliphatic heterocycles. The smallest absolute Gasteiger partial charge is 0.257 e. The van der Waals surface area contributed by atoms with Crippen molar-refractivity contribution in [2.24, 2.45) is 0 Å². The summed E-state index contributed by atoms with van der Waals surface area (Å²) in [6.45, 7) is 0.0752. The molecule has 2 aromatic carbocycles. The Hall–Kier alpha value is -3.22. The van der Waals surface area contributed by atoms with Crippen LogP contribution in [0.5, 0.6) is 0 Å². The van der Waals surface area contributed by atoms with Gasteiger partial charge < -0.3 is 10.2 Å². The first kappa shape index (κ1) is 16.6. The van der Waals surface area contributed by atoms with E-state index in [4.69, 9.17) is 0 Å². The van der Waals surface area contributed by atoms with E-state index in [2.05, 4.69) is 10.4 Å². The fraction of sp³-hybridized carbons (Fsp3) is 0.167. The highest BCUT2D eigenvalue weighted by Gasteiger charge is 2.14. The van der Waals surface area contributed by atoms with Gasteiger partial charge in [0, 0.05) is 26.4 Å². The molecule has 0 unspecified atom stereocenters. The fourth-order valence-electron chi connectivity index (χ4n) is 2.44. The molecule has 0 radical (unpaired) electrons. The molecule has 1 heterocycles.